The normalized spacial score (nSPS) is 16.9. The third-order valence-corrected chi connectivity index (χ3v) is 3.39. The van der Waals surface area contributed by atoms with Crippen molar-refractivity contribution in [3.63, 3.8) is 0 Å². The highest BCUT2D eigenvalue weighted by Gasteiger charge is 2.20. The number of halogens is 1. The van der Waals surface area contributed by atoms with Crippen LogP contribution in [0.2, 0.25) is 0 Å². The van der Waals surface area contributed by atoms with Crippen molar-refractivity contribution in [1.29, 1.82) is 0 Å². The number of aromatic nitrogens is 3. The number of piperidine rings is 1. The predicted octanol–water partition coefficient (Wildman–Crippen LogP) is 2.01. The molecule has 1 aromatic heterocycles. The van der Waals surface area contributed by atoms with Gasteiger partial charge >= 0.3 is 0 Å². The van der Waals surface area contributed by atoms with Crippen molar-refractivity contribution < 1.29 is 4.39 Å². The molecule has 0 saturated carbocycles. The molecule has 0 aliphatic carbocycles. The Morgan fingerprint density at radius 1 is 1.22 bits per heavy atom. The van der Waals surface area contributed by atoms with Gasteiger partial charge in [-0.2, -0.15) is 0 Å². The molecule has 1 aliphatic rings. The Kier molecular flexibility index (Phi) is 3.06. The zero-order valence-corrected chi connectivity index (χ0v) is 10.0. The molecule has 0 atom stereocenters. The van der Waals surface area contributed by atoms with Crippen LogP contribution in [0.25, 0.3) is 11.4 Å². The molecule has 18 heavy (non-hydrogen) atoms. The third kappa shape index (κ3) is 2.01. The van der Waals surface area contributed by atoms with Gasteiger partial charge in [0, 0.05) is 6.04 Å². The van der Waals surface area contributed by atoms with Crippen LogP contribution in [-0.2, 0) is 0 Å². The molecule has 0 amide bonds. The van der Waals surface area contributed by atoms with Crippen LogP contribution in [0.4, 0.5) is 4.39 Å². The maximum absolute atomic E-state index is 13.8. The summed E-state index contributed by atoms with van der Waals surface area (Å²) in [5, 5.41) is 11.3. The highest BCUT2D eigenvalue weighted by Crippen LogP contribution is 2.26. The van der Waals surface area contributed by atoms with Crippen molar-refractivity contribution in [1.82, 2.24) is 20.1 Å². The molecule has 1 fully saturated rings. The molecule has 0 unspecified atom stereocenters. The summed E-state index contributed by atoms with van der Waals surface area (Å²) < 4.78 is 15.8. The Balaban J connectivity index is 1.98. The smallest absolute Gasteiger partial charge is 0.166 e. The summed E-state index contributed by atoms with van der Waals surface area (Å²) in [6.45, 7) is 1.97. The van der Waals surface area contributed by atoms with E-state index in [1.807, 2.05) is 10.6 Å². The molecule has 1 saturated heterocycles. The summed E-state index contributed by atoms with van der Waals surface area (Å²) in [6.07, 6.45) is 3.76. The summed E-state index contributed by atoms with van der Waals surface area (Å²) in [5.41, 5.74) is 0.522. The van der Waals surface area contributed by atoms with Crippen molar-refractivity contribution in [2.75, 3.05) is 13.1 Å². The van der Waals surface area contributed by atoms with Crippen LogP contribution in [0, 0.1) is 5.82 Å². The van der Waals surface area contributed by atoms with E-state index in [1.165, 1.54) is 6.07 Å². The molecule has 2 heterocycles. The van der Waals surface area contributed by atoms with Gasteiger partial charge in [-0.1, -0.05) is 12.1 Å². The van der Waals surface area contributed by atoms with Crippen LogP contribution in [0.1, 0.15) is 18.9 Å². The van der Waals surface area contributed by atoms with E-state index in [2.05, 4.69) is 15.5 Å². The van der Waals surface area contributed by atoms with Gasteiger partial charge in [-0.3, -0.25) is 0 Å². The average molecular weight is 246 g/mol. The Labute approximate surface area is 105 Å². The topological polar surface area (TPSA) is 42.7 Å². The van der Waals surface area contributed by atoms with E-state index in [0.717, 1.165) is 25.9 Å². The van der Waals surface area contributed by atoms with Gasteiger partial charge in [-0.25, -0.2) is 4.39 Å². The van der Waals surface area contributed by atoms with Crippen molar-refractivity contribution >= 4 is 0 Å². The molecule has 1 aromatic carbocycles. The summed E-state index contributed by atoms with van der Waals surface area (Å²) in [6, 6.07) is 7.06. The fraction of sp³-hybridized carbons (Fsp3) is 0.385. The number of hydrogen-bond acceptors (Lipinski definition) is 3. The van der Waals surface area contributed by atoms with Crippen molar-refractivity contribution in [3.05, 3.63) is 36.4 Å². The number of benzene rings is 1. The number of rotatable bonds is 2. The molecule has 1 N–H and O–H groups in total. The van der Waals surface area contributed by atoms with E-state index < -0.39 is 0 Å². The highest BCUT2D eigenvalue weighted by atomic mass is 19.1. The number of nitrogens with zero attached hydrogens (tertiary/aromatic N) is 3. The van der Waals surface area contributed by atoms with Crippen molar-refractivity contribution in [2.45, 2.75) is 18.9 Å². The van der Waals surface area contributed by atoms with Crippen LogP contribution in [0.15, 0.2) is 30.6 Å². The highest BCUT2D eigenvalue weighted by molar-refractivity contribution is 5.55. The van der Waals surface area contributed by atoms with Gasteiger partial charge in [0.2, 0.25) is 0 Å². The molecule has 0 radical (unpaired) electrons. The molecule has 5 heteroatoms. The lowest BCUT2D eigenvalue weighted by molar-refractivity contribution is 0.369. The fourth-order valence-electron chi connectivity index (χ4n) is 2.43. The minimum atomic E-state index is -0.249. The van der Waals surface area contributed by atoms with Gasteiger partial charge < -0.3 is 9.88 Å². The lowest BCUT2D eigenvalue weighted by Gasteiger charge is -2.24. The van der Waals surface area contributed by atoms with E-state index in [-0.39, 0.29) is 5.82 Å². The molecule has 94 valence electrons. The lowest BCUT2D eigenvalue weighted by atomic mass is 10.1. The Bertz CT molecular complexity index is 531. The summed E-state index contributed by atoms with van der Waals surface area (Å²) >= 11 is 0. The minimum absolute atomic E-state index is 0.249. The van der Waals surface area contributed by atoms with Crippen molar-refractivity contribution in [2.24, 2.45) is 0 Å². The van der Waals surface area contributed by atoms with Gasteiger partial charge in [0.25, 0.3) is 0 Å². The molecule has 2 aromatic rings. The van der Waals surface area contributed by atoms with Gasteiger partial charge in [-0.05, 0) is 38.1 Å². The monoisotopic (exact) mass is 246 g/mol. The molecule has 0 spiro atoms. The second-order valence-corrected chi connectivity index (χ2v) is 4.52. The van der Waals surface area contributed by atoms with Gasteiger partial charge in [0.15, 0.2) is 5.82 Å². The largest absolute Gasteiger partial charge is 0.317 e. The average Bonchev–Trinajstić information content (AvgIpc) is 2.89. The second-order valence-electron chi connectivity index (χ2n) is 4.52. The lowest BCUT2D eigenvalue weighted by Crippen LogP contribution is -2.29. The van der Waals surface area contributed by atoms with Crippen molar-refractivity contribution in [3.8, 4) is 11.4 Å². The molecule has 4 nitrogen and oxygen atoms in total. The number of hydrogen-bond donors (Lipinski definition) is 1. The molecule has 3 rings (SSSR count). The first-order valence-electron chi connectivity index (χ1n) is 6.21. The van der Waals surface area contributed by atoms with Crippen LogP contribution in [0.5, 0.6) is 0 Å². The van der Waals surface area contributed by atoms with Gasteiger partial charge in [0.1, 0.15) is 12.1 Å². The van der Waals surface area contributed by atoms with E-state index in [4.69, 9.17) is 0 Å². The Hall–Kier alpha value is -1.75. The van der Waals surface area contributed by atoms with Crippen LogP contribution >= 0.6 is 0 Å². The second kappa shape index (κ2) is 4.86. The Morgan fingerprint density at radius 3 is 2.78 bits per heavy atom. The fourth-order valence-corrected chi connectivity index (χ4v) is 2.43. The summed E-state index contributed by atoms with van der Waals surface area (Å²) in [7, 11) is 0. The van der Waals surface area contributed by atoms with E-state index in [0.29, 0.717) is 17.4 Å². The molecular formula is C13H15FN4. The maximum Gasteiger partial charge on any atom is 0.166 e. The molecule has 0 bridgehead atoms. The molecular weight excluding hydrogens is 231 g/mol. The predicted molar refractivity (Wildman–Crippen MR) is 66.6 cm³/mol. The van der Waals surface area contributed by atoms with Gasteiger partial charge in [-0.15, -0.1) is 10.2 Å². The quantitative estimate of drug-likeness (QED) is 0.881. The van der Waals surface area contributed by atoms with Gasteiger partial charge in [0.05, 0.1) is 5.56 Å². The first-order valence-corrected chi connectivity index (χ1v) is 6.21. The standard InChI is InChI=1S/C13H15FN4/c14-12-4-2-1-3-11(12)13-17-16-9-18(13)10-5-7-15-8-6-10/h1-4,9-10,15H,5-8H2. The maximum atomic E-state index is 13.8. The summed E-state index contributed by atoms with van der Waals surface area (Å²) in [4.78, 5) is 0. The third-order valence-electron chi connectivity index (χ3n) is 3.39. The zero-order valence-electron chi connectivity index (χ0n) is 10.0. The van der Waals surface area contributed by atoms with Crippen LogP contribution in [0.3, 0.4) is 0 Å². The first-order chi connectivity index (χ1) is 8.86. The van der Waals surface area contributed by atoms with Crippen LogP contribution in [-0.4, -0.2) is 27.9 Å². The SMILES string of the molecule is Fc1ccccc1-c1nncn1C1CCNCC1. The Morgan fingerprint density at radius 2 is 2.00 bits per heavy atom. The summed E-state index contributed by atoms with van der Waals surface area (Å²) in [5.74, 6) is 0.376. The zero-order chi connectivity index (χ0) is 12.4. The first kappa shape index (κ1) is 11.3. The van der Waals surface area contributed by atoms with Crippen LogP contribution < -0.4 is 5.32 Å². The van der Waals surface area contributed by atoms with E-state index in [9.17, 15) is 4.39 Å². The molecule has 1 aliphatic heterocycles. The minimum Gasteiger partial charge on any atom is -0.317 e. The van der Waals surface area contributed by atoms with E-state index >= 15 is 0 Å². The number of nitrogens with one attached hydrogen (secondary N) is 1. The van der Waals surface area contributed by atoms with E-state index in [1.54, 1.807) is 18.5 Å².